The fourth-order valence-corrected chi connectivity index (χ4v) is 3.21. The van der Waals surface area contributed by atoms with Crippen LogP contribution in [0, 0.1) is 0 Å². The van der Waals surface area contributed by atoms with Gasteiger partial charge in [0.15, 0.2) is 23.9 Å². The van der Waals surface area contributed by atoms with Gasteiger partial charge in [-0.2, -0.15) is 0 Å². The van der Waals surface area contributed by atoms with Gasteiger partial charge in [-0.05, 0) is 0 Å². The van der Waals surface area contributed by atoms with Gasteiger partial charge < -0.3 is 81.7 Å². The van der Waals surface area contributed by atoms with Gasteiger partial charge in [0, 0.05) is 0 Å². The van der Waals surface area contributed by atoms with Gasteiger partial charge in [0.25, 0.3) is 0 Å². The molecule has 0 amide bonds. The SMILES string of the molecule is O=C(CC(O)(CC(=O)OOC(=O)C(O)C(O)C(O)C(O)CO)C(=O)OOC(=O)C(O)C(O)C(O)C(O)CO)OOC(=O)C(O)C(O)C(O)C(O)CO. The summed E-state index contributed by atoms with van der Waals surface area (Å²) in [6.07, 6.45) is -33.7. The van der Waals surface area contributed by atoms with Gasteiger partial charge in [-0.3, -0.25) is 0 Å². The maximum absolute atomic E-state index is 12.6. The third-order valence-corrected chi connectivity index (χ3v) is 6.38. The van der Waals surface area contributed by atoms with Crippen molar-refractivity contribution in [2.45, 2.75) is 91.7 Å². The van der Waals surface area contributed by atoms with E-state index in [0.717, 1.165) is 0 Å². The number of hydrogen-bond acceptors (Lipinski definition) is 28. The first kappa shape index (κ1) is 48.2. The van der Waals surface area contributed by atoms with Gasteiger partial charge in [-0.25, -0.2) is 58.1 Å². The Kier molecular flexibility index (Phi) is 20.7. The Morgan fingerprint density at radius 2 is 0.654 bits per heavy atom. The summed E-state index contributed by atoms with van der Waals surface area (Å²) in [5.41, 5.74) is -3.75. The molecular weight excluding hydrogens is 736 g/mol. The van der Waals surface area contributed by atoms with Crippen LogP contribution in [0.15, 0.2) is 0 Å². The Hall–Kier alpha value is -3.82. The third-order valence-electron chi connectivity index (χ3n) is 6.38. The molecule has 0 fully saturated rings. The number of aliphatic hydroxyl groups is 16. The molecule has 0 saturated carbocycles. The van der Waals surface area contributed by atoms with Crippen LogP contribution in [0.1, 0.15) is 12.8 Å². The molecule has 302 valence electrons. The molecule has 0 aromatic carbocycles. The highest BCUT2D eigenvalue weighted by molar-refractivity contribution is 5.90. The molecule has 0 aliphatic heterocycles. The predicted octanol–water partition coefficient (Wildman–Crippen LogP) is -12.2. The maximum atomic E-state index is 12.6. The van der Waals surface area contributed by atoms with E-state index in [1.54, 1.807) is 0 Å². The van der Waals surface area contributed by atoms with Crippen LogP contribution < -0.4 is 0 Å². The molecular formula is C24H38O28. The van der Waals surface area contributed by atoms with Crippen LogP contribution in [0.4, 0.5) is 0 Å². The zero-order valence-electron chi connectivity index (χ0n) is 26.0. The van der Waals surface area contributed by atoms with E-state index >= 15 is 0 Å². The lowest BCUT2D eigenvalue weighted by molar-refractivity contribution is -0.286. The van der Waals surface area contributed by atoms with Crippen molar-refractivity contribution >= 4 is 35.8 Å². The second-order valence-corrected chi connectivity index (χ2v) is 10.4. The average molecular weight is 775 g/mol. The van der Waals surface area contributed by atoms with E-state index in [9.17, 15) is 95.2 Å². The van der Waals surface area contributed by atoms with Gasteiger partial charge in [0.1, 0.15) is 54.9 Å². The van der Waals surface area contributed by atoms with Gasteiger partial charge >= 0.3 is 35.8 Å². The van der Waals surface area contributed by atoms with Crippen molar-refractivity contribution in [1.82, 2.24) is 0 Å². The van der Waals surface area contributed by atoms with E-state index in [-0.39, 0.29) is 0 Å². The van der Waals surface area contributed by atoms with Crippen molar-refractivity contribution < 1.29 is 140 Å². The first-order valence-corrected chi connectivity index (χ1v) is 14.0. The molecule has 0 aromatic rings. The lowest BCUT2D eigenvalue weighted by Gasteiger charge is -2.25. The van der Waals surface area contributed by atoms with E-state index < -0.39 is 147 Å². The number of hydrogen-bond donors (Lipinski definition) is 16. The number of carbonyl (C=O) groups is 6. The molecule has 16 N–H and O–H groups in total. The highest BCUT2D eigenvalue weighted by atomic mass is 17.2. The first-order valence-electron chi connectivity index (χ1n) is 14.0. The lowest BCUT2D eigenvalue weighted by Crippen LogP contribution is -2.50. The summed E-state index contributed by atoms with van der Waals surface area (Å²) < 4.78 is 0. The fourth-order valence-electron chi connectivity index (χ4n) is 3.21. The van der Waals surface area contributed by atoms with Crippen LogP contribution in [-0.2, 0) is 58.1 Å². The molecule has 28 nitrogen and oxygen atoms in total. The highest BCUT2D eigenvalue weighted by Gasteiger charge is 2.47. The summed E-state index contributed by atoms with van der Waals surface area (Å²) >= 11 is 0. The van der Waals surface area contributed by atoms with E-state index in [1.165, 1.54) is 0 Å². The Morgan fingerprint density at radius 3 is 0.904 bits per heavy atom. The van der Waals surface area contributed by atoms with Crippen LogP contribution >= 0.6 is 0 Å². The molecule has 0 aromatic heterocycles. The molecule has 0 radical (unpaired) electrons. The minimum atomic E-state index is -3.75. The van der Waals surface area contributed by atoms with E-state index in [0.29, 0.717) is 0 Å². The number of aliphatic hydroxyl groups excluding tert-OH is 15. The maximum Gasteiger partial charge on any atom is 0.387 e. The van der Waals surface area contributed by atoms with Gasteiger partial charge in [0.2, 0.25) is 0 Å². The summed E-state index contributed by atoms with van der Waals surface area (Å²) in [4.78, 5) is 96.0. The molecule has 0 aliphatic rings. The smallest absolute Gasteiger partial charge is 0.387 e. The standard InChI is InChI=1S/C24H38O28/c25-3-6(28)11(33)14(36)17(39)20(42)49-47-9(31)1-24(46,23(45)52-51-22(44)19(41)16(38)13(35)8(30)5-27)2-10(32)48-50-21(43)18(40)15(37)12(34)7(29)4-26/h6-8,11-19,25-30,33-41,46H,1-5H2. The van der Waals surface area contributed by atoms with E-state index in [1.807, 2.05) is 0 Å². The minimum Gasteiger partial charge on any atom is -0.394 e. The zero-order chi connectivity index (χ0) is 40.7. The van der Waals surface area contributed by atoms with Crippen LogP contribution in [0.2, 0.25) is 0 Å². The summed E-state index contributed by atoms with van der Waals surface area (Å²) in [6, 6.07) is 0. The van der Waals surface area contributed by atoms with Gasteiger partial charge in [0.05, 0.1) is 32.7 Å². The second-order valence-electron chi connectivity index (χ2n) is 10.4. The van der Waals surface area contributed by atoms with Crippen molar-refractivity contribution in [3.05, 3.63) is 0 Å². The lowest BCUT2D eigenvalue weighted by atomic mass is 9.96. The predicted molar refractivity (Wildman–Crippen MR) is 144 cm³/mol. The van der Waals surface area contributed by atoms with E-state index in [2.05, 4.69) is 29.3 Å². The Labute approximate surface area is 287 Å². The molecule has 12 atom stereocenters. The van der Waals surface area contributed by atoms with Crippen LogP contribution in [0.5, 0.6) is 0 Å². The normalized spacial score (nSPS) is 19.6. The van der Waals surface area contributed by atoms with Crippen molar-refractivity contribution in [3.63, 3.8) is 0 Å². The topological polar surface area (TPSA) is 481 Å². The molecule has 0 rings (SSSR count). The van der Waals surface area contributed by atoms with Crippen molar-refractivity contribution in [1.29, 1.82) is 0 Å². The van der Waals surface area contributed by atoms with Crippen LogP contribution in [0.3, 0.4) is 0 Å². The van der Waals surface area contributed by atoms with Crippen molar-refractivity contribution in [2.24, 2.45) is 0 Å². The van der Waals surface area contributed by atoms with Crippen molar-refractivity contribution in [3.8, 4) is 0 Å². The molecule has 0 spiro atoms. The summed E-state index contributed by atoms with van der Waals surface area (Å²) in [6.45, 7) is -3.54. The Balaban J connectivity index is 5.87. The first-order chi connectivity index (χ1) is 24.0. The molecule has 52 heavy (non-hydrogen) atoms. The zero-order valence-corrected chi connectivity index (χ0v) is 26.0. The van der Waals surface area contributed by atoms with Crippen LogP contribution in [-0.4, -0.2) is 216 Å². The molecule has 0 heterocycles. The fraction of sp³-hybridized carbons (Fsp3) is 0.750. The van der Waals surface area contributed by atoms with Gasteiger partial charge in [-0.15, -0.1) is 0 Å². The molecule has 0 aliphatic carbocycles. The van der Waals surface area contributed by atoms with Gasteiger partial charge in [-0.1, -0.05) is 0 Å². The molecule has 0 saturated heterocycles. The summed E-state index contributed by atoms with van der Waals surface area (Å²) in [7, 11) is 0. The number of carbonyl (C=O) groups excluding carboxylic acids is 6. The second kappa shape index (κ2) is 22.3. The molecule has 0 bridgehead atoms. The summed E-state index contributed by atoms with van der Waals surface area (Å²) in [5, 5.41) is 152. The Morgan fingerprint density at radius 1 is 0.404 bits per heavy atom. The molecule has 28 heteroatoms. The minimum absolute atomic E-state index is 1.17. The van der Waals surface area contributed by atoms with E-state index in [4.69, 9.17) is 15.3 Å². The van der Waals surface area contributed by atoms with Crippen molar-refractivity contribution in [2.75, 3.05) is 19.8 Å². The summed E-state index contributed by atoms with van der Waals surface area (Å²) in [5.74, 6) is -13.0. The third kappa shape index (κ3) is 14.3. The quantitative estimate of drug-likeness (QED) is 0.0403. The average Bonchev–Trinajstić information content (AvgIpc) is 3.13. The monoisotopic (exact) mass is 774 g/mol. The largest absolute Gasteiger partial charge is 0.394 e. The van der Waals surface area contributed by atoms with Crippen LogP contribution in [0.25, 0.3) is 0 Å². The number of rotatable bonds is 20. The molecule has 12 unspecified atom stereocenters. The highest BCUT2D eigenvalue weighted by Crippen LogP contribution is 2.21. The Bertz CT molecular complexity index is 1120.